The molecule has 0 spiro atoms. The van der Waals surface area contributed by atoms with E-state index in [0.717, 1.165) is 6.07 Å². The smallest absolute Gasteiger partial charge is 0.308 e. The predicted molar refractivity (Wildman–Crippen MR) is 124 cm³/mol. The summed E-state index contributed by atoms with van der Waals surface area (Å²) in [6.45, 7) is 2.82. The van der Waals surface area contributed by atoms with E-state index in [9.17, 15) is 18.0 Å². The third-order valence-electron chi connectivity index (χ3n) is 4.83. The fourth-order valence-electron chi connectivity index (χ4n) is 3.40. The summed E-state index contributed by atoms with van der Waals surface area (Å²) in [6, 6.07) is 15.4. The number of carbonyl (C=O) groups is 2. The quantitative estimate of drug-likeness (QED) is 0.227. The molecule has 3 aromatic carbocycles. The highest BCUT2D eigenvalue weighted by atomic mass is 35.7. The number of benzene rings is 3. The molecule has 33 heavy (non-hydrogen) atoms. The Morgan fingerprint density at radius 2 is 1.73 bits per heavy atom. The molecule has 1 unspecified atom stereocenters. The number of carbonyl (C=O) groups excluding carboxylic acids is 2. The van der Waals surface area contributed by atoms with Gasteiger partial charge < -0.3 is 4.74 Å². The van der Waals surface area contributed by atoms with Gasteiger partial charge in [0.1, 0.15) is 5.69 Å². The van der Waals surface area contributed by atoms with Crippen LogP contribution in [0.2, 0.25) is 0 Å². The van der Waals surface area contributed by atoms with Crippen LogP contribution in [-0.2, 0) is 18.6 Å². The molecule has 0 bridgehead atoms. The van der Waals surface area contributed by atoms with Gasteiger partial charge in [-0.05, 0) is 19.1 Å². The molecule has 0 fully saturated rings. The van der Waals surface area contributed by atoms with Gasteiger partial charge in [0, 0.05) is 34.4 Å². The second kappa shape index (κ2) is 8.72. The Kier molecular flexibility index (Phi) is 5.96. The Bertz CT molecular complexity index is 1440. The molecule has 4 rings (SSSR count). The average Bonchev–Trinajstić information content (AvgIpc) is 3.05. The lowest BCUT2D eigenvalue weighted by molar-refractivity contribution is -0.131. The van der Waals surface area contributed by atoms with Gasteiger partial charge >= 0.3 is 5.97 Å². The number of nitrogens with zero attached hydrogens (tertiary/aromatic N) is 4. The summed E-state index contributed by atoms with van der Waals surface area (Å²) in [5, 5.41) is 14.5. The van der Waals surface area contributed by atoms with E-state index in [1.165, 1.54) is 11.9 Å². The molecule has 0 N–H and O–H groups in total. The van der Waals surface area contributed by atoms with Crippen LogP contribution < -0.4 is 9.75 Å². The minimum Gasteiger partial charge on any atom is -0.424 e. The van der Waals surface area contributed by atoms with E-state index in [4.69, 9.17) is 15.4 Å². The highest BCUT2D eigenvalue weighted by Gasteiger charge is 2.35. The topological polar surface area (TPSA) is 118 Å². The van der Waals surface area contributed by atoms with Gasteiger partial charge in [0.25, 0.3) is 15.0 Å². The van der Waals surface area contributed by atoms with Crippen molar-refractivity contribution in [3.8, 4) is 5.75 Å². The standard InChI is InChI=1S/C22H17ClN4O5S/c1-13-20(22(29)27(26-13)15-8-4-3-5-9-15)24-25-21-17-11-7-6-10-16(17)19(33(23,30)31)12-18(21)32-14(2)28/h3-12,20H,1-2H3. The molecule has 1 amide bonds. The number of fused-ring (bicyclic) bond motifs is 1. The maximum absolute atomic E-state index is 12.9. The Morgan fingerprint density at radius 1 is 1.09 bits per heavy atom. The van der Waals surface area contributed by atoms with Crippen molar-refractivity contribution in [3.05, 3.63) is 60.7 Å². The lowest BCUT2D eigenvalue weighted by atomic mass is 10.1. The maximum atomic E-state index is 12.9. The van der Waals surface area contributed by atoms with Crippen molar-refractivity contribution >= 4 is 59.5 Å². The number of hydrogen-bond acceptors (Lipinski definition) is 8. The third kappa shape index (κ3) is 4.48. The second-order valence-electron chi connectivity index (χ2n) is 7.14. The van der Waals surface area contributed by atoms with E-state index in [-0.39, 0.29) is 21.7 Å². The van der Waals surface area contributed by atoms with Gasteiger partial charge in [-0.15, -0.1) is 0 Å². The summed E-state index contributed by atoms with van der Waals surface area (Å²) in [4.78, 5) is 24.4. The molecule has 0 aromatic heterocycles. The van der Waals surface area contributed by atoms with Crippen molar-refractivity contribution in [1.29, 1.82) is 0 Å². The minimum atomic E-state index is -4.16. The number of ether oxygens (including phenoxy) is 1. The number of halogens is 1. The maximum Gasteiger partial charge on any atom is 0.308 e. The van der Waals surface area contributed by atoms with Gasteiger partial charge in [-0.1, -0.05) is 42.5 Å². The van der Waals surface area contributed by atoms with Crippen LogP contribution in [0.5, 0.6) is 5.75 Å². The highest BCUT2D eigenvalue weighted by molar-refractivity contribution is 8.14. The normalized spacial score (nSPS) is 16.5. The third-order valence-corrected chi connectivity index (χ3v) is 6.19. The molecule has 0 saturated heterocycles. The molecule has 9 nitrogen and oxygen atoms in total. The molecule has 3 aromatic rings. The van der Waals surface area contributed by atoms with Crippen LogP contribution in [0.1, 0.15) is 13.8 Å². The van der Waals surface area contributed by atoms with Gasteiger partial charge in [0.15, 0.2) is 11.8 Å². The number of esters is 1. The minimum absolute atomic E-state index is 0.0867. The molecule has 1 heterocycles. The van der Waals surface area contributed by atoms with E-state index in [2.05, 4.69) is 15.3 Å². The van der Waals surface area contributed by atoms with Crippen LogP contribution in [0.3, 0.4) is 0 Å². The van der Waals surface area contributed by atoms with Crippen molar-refractivity contribution in [2.24, 2.45) is 15.3 Å². The number of rotatable bonds is 5. The summed E-state index contributed by atoms with van der Waals surface area (Å²) in [5.74, 6) is -1.24. The number of amides is 1. The number of anilines is 1. The number of azo groups is 1. The Morgan fingerprint density at radius 3 is 2.36 bits per heavy atom. The predicted octanol–water partition coefficient (Wildman–Crippen LogP) is 4.57. The molecule has 1 aliphatic heterocycles. The zero-order valence-corrected chi connectivity index (χ0v) is 19.0. The molecule has 0 aliphatic carbocycles. The number of para-hydroxylation sites is 1. The second-order valence-corrected chi connectivity index (χ2v) is 9.68. The van der Waals surface area contributed by atoms with E-state index in [1.54, 1.807) is 55.5 Å². The van der Waals surface area contributed by atoms with Crippen LogP contribution in [0.4, 0.5) is 11.4 Å². The van der Waals surface area contributed by atoms with Crippen LogP contribution in [0, 0.1) is 0 Å². The van der Waals surface area contributed by atoms with E-state index >= 15 is 0 Å². The largest absolute Gasteiger partial charge is 0.424 e. The van der Waals surface area contributed by atoms with Crippen molar-refractivity contribution in [2.75, 3.05) is 5.01 Å². The molecule has 168 valence electrons. The molecular formula is C22H17ClN4O5S. The van der Waals surface area contributed by atoms with Crippen molar-refractivity contribution in [2.45, 2.75) is 24.8 Å². The average molecular weight is 485 g/mol. The summed E-state index contributed by atoms with van der Waals surface area (Å²) in [5.41, 5.74) is 1.09. The fourth-order valence-corrected chi connectivity index (χ4v) is 4.47. The summed E-state index contributed by atoms with van der Waals surface area (Å²) < 4.78 is 29.5. The molecule has 1 aliphatic rings. The first-order valence-corrected chi connectivity index (χ1v) is 12.0. The summed E-state index contributed by atoms with van der Waals surface area (Å²) in [7, 11) is 1.44. The zero-order chi connectivity index (χ0) is 23.8. The van der Waals surface area contributed by atoms with Crippen LogP contribution in [0.25, 0.3) is 10.8 Å². The summed E-state index contributed by atoms with van der Waals surface area (Å²) in [6.07, 6.45) is 0. The van der Waals surface area contributed by atoms with E-state index in [0.29, 0.717) is 16.8 Å². The lowest BCUT2D eigenvalue weighted by Crippen LogP contribution is -2.29. The SMILES string of the molecule is CC(=O)Oc1cc(S(=O)(=O)Cl)c2ccccc2c1N=NC1C(=O)N(c2ccccc2)N=C1C. The van der Waals surface area contributed by atoms with Gasteiger partial charge in [0.2, 0.25) is 0 Å². The van der Waals surface area contributed by atoms with E-state index < -0.39 is 27.0 Å². The lowest BCUT2D eigenvalue weighted by Gasteiger charge is -2.13. The first-order valence-electron chi connectivity index (χ1n) is 9.70. The van der Waals surface area contributed by atoms with Crippen molar-refractivity contribution in [1.82, 2.24) is 0 Å². The van der Waals surface area contributed by atoms with Crippen LogP contribution >= 0.6 is 10.7 Å². The number of hydrogen-bond donors (Lipinski definition) is 0. The first kappa shape index (κ1) is 22.6. The van der Waals surface area contributed by atoms with Gasteiger partial charge in [0.05, 0.1) is 16.3 Å². The Balaban J connectivity index is 1.81. The molecule has 1 atom stereocenters. The Hall–Kier alpha value is -3.63. The monoisotopic (exact) mass is 484 g/mol. The summed E-state index contributed by atoms with van der Waals surface area (Å²) >= 11 is 0. The van der Waals surface area contributed by atoms with Crippen LogP contribution in [-0.4, -0.2) is 32.0 Å². The van der Waals surface area contributed by atoms with Gasteiger partial charge in [-0.3, -0.25) is 9.59 Å². The molecule has 0 saturated carbocycles. The van der Waals surface area contributed by atoms with Gasteiger partial charge in [-0.2, -0.15) is 20.3 Å². The van der Waals surface area contributed by atoms with Crippen LogP contribution in [0.15, 0.2) is 80.9 Å². The van der Waals surface area contributed by atoms with Crippen molar-refractivity contribution < 1.29 is 22.7 Å². The molecule has 11 heteroatoms. The fraction of sp³-hybridized carbons (Fsp3) is 0.136. The van der Waals surface area contributed by atoms with Crippen molar-refractivity contribution in [3.63, 3.8) is 0 Å². The van der Waals surface area contributed by atoms with Gasteiger partial charge in [-0.25, -0.2) is 8.42 Å². The zero-order valence-electron chi connectivity index (χ0n) is 17.5. The molecule has 0 radical (unpaired) electrons. The Labute approximate surface area is 193 Å². The highest BCUT2D eigenvalue weighted by Crippen LogP contribution is 2.41. The molecular weight excluding hydrogens is 468 g/mol. The first-order chi connectivity index (χ1) is 15.7. The van der Waals surface area contributed by atoms with E-state index in [1.807, 2.05) is 6.07 Å². The number of hydrazone groups is 1.